The number of ether oxygens (including phenoxy) is 2. The van der Waals surface area contributed by atoms with Gasteiger partial charge in [0, 0.05) is 13.0 Å². The molecule has 1 saturated heterocycles. The molecule has 1 amide bonds. The standard InChI is InChI=1S/C15H18N2O4/c1-11(20-13-7-3-2-6-12(13)10-16)15(18)17-21-14-8-4-5-9-19-14/h2-3,6-7,11,14H,4-5,8-9H2,1H3,(H,17,18)/t11-,14+/m0/s1. The molecule has 1 aliphatic heterocycles. The summed E-state index contributed by atoms with van der Waals surface area (Å²) in [5, 5.41) is 8.97. The maximum Gasteiger partial charge on any atom is 0.284 e. The molecule has 1 heterocycles. The molecule has 6 nitrogen and oxygen atoms in total. The Hall–Kier alpha value is -2.10. The lowest BCUT2D eigenvalue weighted by Gasteiger charge is -2.23. The summed E-state index contributed by atoms with van der Waals surface area (Å²) in [6, 6.07) is 8.77. The van der Waals surface area contributed by atoms with Crippen molar-refractivity contribution in [3.05, 3.63) is 29.8 Å². The third-order valence-corrected chi connectivity index (χ3v) is 3.11. The van der Waals surface area contributed by atoms with Gasteiger partial charge in [-0.3, -0.25) is 4.79 Å². The molecule has 6 heteroatoms. The predicted molar refractivity (Wildman–Crippen MR) is 74.1 cm³/mol. The van der Waals surface area contributed by atoms with Crippen LogP contribution in [0.4, 0.5) is 0 Å². The first kappa shape index (κ1) is 15.3. The van der Waals surface area contributed by atoms with Crippen LogP contribution in [0.15, 0.2) is 24.3 Å². The van der Waals surface area contributed by atoms with Crippen molar-refractivity contribution >= 4 is 5.91 Å². The lowest BCUT2D eigenvalue weighted by Crippen LogP contribution is -2.40. The van der Waals surface area contributed by atoms with E-state index >= 15 is 0 Å². The van der Waals surface area contributed by atoms with E-state index in [1.807, 2.05) is 6.07 Å². The van der Waals surface area contributed by atoms with E-state index in [1.165, 1.54) is 0 Å². The molecule has 2 rings (SSSR count). The summed E-state index contributed by atoms with van der Waals surface area (Å²) >= 11 is 0. The van der Waals surface area contributed by atoms with E-state index in [2.05, 4.69) is 5.48 Å². The monoisotopic (exact) mass is 290 g/mol. The fraction of sp³-hybridized carbons (Fsp3) is 0.467. The SMILES string of the molecule is C[C@H](Oc1ccccc1C#N)C(=O)NO[C@@H]1CCCCO1. The molecular weight excluding hydrogens is 272 g/mol. The Bertz CT molecular complexity index is 521. The Morgan fingerprint density at radius 1 is 1.48 bits per heavy atom. The lowest BCUT2D eigenvalue weighted by molar-refractivity contribution is -0.202. The van der Waals surface area contributed by atoms with Gasteiger partial charge in [0.25, 0.3) is 5.91 Å². The number of carbonyl (C=O) groups is 1. The van der Waals surface area contributed by atoms with Gasteiger partial charge in [-0.15, -0.1) is 0 Å². The number of hydrogen-bond acceptors (Lipinski definition) is 5. The Morgan fingerprint density at radius 2 is 2.29 bits per heavy atom. The van der Waals surface area contributed by atoms with Gasteiger partial charge < -0.3 is 9.47 Å². The van der Waals surface area contributed by atoms with Crippen LogP contribution in [-0.4, -0.2) is 24.9 Å². The van der Waals surface area contributed by atoms with Crippen molar-refractivity contribution in [3.8, 4) is 11.8 Å². The largest absolute Gasteiger partial charge is 0.479 e. The van der Waals surface area contributed by atoms with Gasteiger partial charge in [-0.2, -0.15) is 5.26 Å². The third kappa shape index (κ3) is 4.45. The molecule has 0 spiro atoms. The first-order valence-electron chi connectivity index (χ1n) is 6.93. The van der Waals surface area contributed by atoms with Crippen molar-refractivity contribution < 1.29 is 19.1 Å². The molecular formula is C15H18N2O4. The minimum absolute atomic E-state index is 0.372. The molecule has 0 aromatic heterocycles. The number of carbonyl (C=O) groups excluding carboxylic acids is 1. The number of nitrogens with zero attached hydrogens (tertiary/aromatic N) is 1. The molecule has 1 fully saturated rings. The summed E-state index contributed by atoms with van der Waals surface area (Å²) < 4.78 is 10.8. The van der Waals surface area contributed by atoms with Gasteiger partial charge in [-0.05, 0) is 31.9 Å². The van der Waals surface area contributed by atoms with E-state index in [0.29, 0.717) is 17.9 Å². The van der Waals surface area contributed by atoms with E-state index in [-0.39, 0.29) is 0 Å². The van der Waals surface area contributed by atoms with Crippen LogP contribution in [0.2, 0.25) is 0 Å². The highest BCUT2D eigenvalue weighted by Gasteiger charge is 2.20. The summed E-state index contributed by atoms with van der Waals surface area (Å²) in [6.45, 7) is 2.23. The van der Waals surface area contributed by atoms with Gasteiger partial charge in [0.15, 0.2) is 12.4 Å². The highest BCUT2D eigenvalue weighted by molar-refractivity contribution is 5.79. The summed E-state index contributed by atoms with van der Waals surface area (Å²) in [5.74, 6) is -0.0477. The average Bonchev–Trinajstić information content (AvgIpc) is 2.54. The van der Waals surface area contributed by atoms with Crippen LogP contribution < -0.4 is 10.2 Å². The van der Waals surface area contributed by atoms with Gasteiger partial charge in [-0.25, -0.2) is 10.3 Å². The topological polar surface area (TPSA) is 80.6 Å². The zero-order valence-electron chi connectivity index (χ0n) is 11.9. The zero-order chi connectivity index (χ0) is 15.1. The second-order valence-corrected chi connectivity index (χ2v) is 4.75. The zero-order valence-corrected chi connectivity index (χ0v) is 11.9. The van der Waals surface area contributed by atoms with Gasteiger partial charge >= 0.3 is 0 Å². The highest BCUT2D eigenvalue weighted by Crippen LogP contribution is 2.18. The fourth-order valence-corrected chi connectivity index (χ4v) is 1.92. The molecule has 0 aliphatic carbocycles. The number of rotatable bonds is 5. The molecule has 112 valence electrons. The molecule has 0 bridgehead atoms. The van der Waals surface area contributed by atoms with Gasteiger partial charge in [-0.1, -0.05) is 12.1 Å². The first-order chi connectivity index (χ1) is 10.2. The molecule has 1 aromatic rings. The van der Waals surface area contributed by atoms with Crippen molar-refractivity contribution in [1.82, 2.24) is 5.48 Å². The molecule has 1 aliphatic rings. The molecule has 1 N–H and O–H groups in total. The van der Waals surface area contributed by atoms with Crippen molar-refractivity contribution in [2.75, 3.05) is 6.61 Å². The third-order valence-electron chi connectivity index (χ3n) is 3.11. The van der Waals surface area contributed by atoms with Crippen LogP contribution in [0.1, 0.15) is 31.7 Å². The highest BCUT2D eigenvalue weighted by atomic mass is 16.8. The van der Waals surface area contributed by atoms with Crippen LogP contribution in [0, 0.1) is 11.3 Å². The smallest absolute Gasteiger partial charge is 0.284 e. The minimum Gasteiger partial charge on any atom is -0.479 e. The molecule has 0 unspecified atom stereocenters. The van der Waals surface area contributed by atoms with Crippen molar-refractivity contribution in [2.24, 2.45) is 0 Å². The number of para-hydroxylation sites is 1. The second-order valence-electron chi connectivity index (χ2n) is 4.75. The first-order valence-corrected chi connectivity index (χ1v) is 6.93. The Labute approximate surface area is 123 Å². The quantitative estimate of drug-likeness (QED) is 0.838. The van der Waals surface area contributed by atoms with E-state index in [1.54, 1.807) is 31.2 Å². The van der Waals surface area contributed by atoms with Crippen LogP contribution >= 0.6 is 0 Å². The number of nitrogens with one attached hydrogen (secondary N) is 1. The molecule has 0 saturated carbocycles. The van der Waals surface area contributed by atoms with Crippen LogP contribution in [0.25, 0.3) is 0 Å². The van der Waals surface area contributed by atoms with Gasteiger partial charge in [0.2, 0.25) is 0 Å². The predicted octanol–water partition coefficient (Wildman–Crippen LogP) is 1.90. The fourth-order valence-electron chi connectivity index (χ4n) is 1.92. The van der Waals surface area contributed by atoms with Crippen molar-refractivity contribution in [1.29, 1.82) is 5.26 Å². The molecule has 1 aromatic carbocycles. The van der Waals surface area contributed by atoms with Crippen LogP contribution in [0.3, 0.4) is 0 Å². The van der Waals surface area contributed by atoms with E-state index < -0.39 is 18.3 Å². The lowest BCUT2D eigenvalue weighted by atomic mass is 10.2. The second kappa shape index (κ2) is 7.62. The summed E-state index contributed by atoms with van der Waals surface area (Å²) in [4.78, 5) is 17.1. The van der Waals surface area contributed by atoms with Gasteiger partial charge in [0.05, 0.1) is 5.56 Å². The van der Waals surface area contributed by atoms with Crippen LogP contribution in [-0.2, 0) is 14.4 Å². The number of nitriles is 1. The van der Waals surface area contributed by atoms with E-state index in [4.69, 9.17) is 19.6 Å². The summed E-state index contributed by atoms with van der Waals surface area (Å²) in [6.07, 6.45) is 1.61. The average molecular weight is 290 g/mol. The van der Waals surface area contributed by atoms with E-state index in [0.717, 1.165) is 19.3 Å². The summed E-state index contributed by atoms with van der Waals surface area (Å²) in [7, 11) is 0. The minimum atomic E-state index is -0.775. The van der Waals surface area contributed by atoms with Crippen molar-refractivity contribution in [3.63, 3.8) is 0 Å². The van der Waals surface area contributed by atoms with Gasteiger partial charge in [0.1, 0.15) is 11.8 Å². The van der Waals surface area contributed by atoms with E-state index in [9.17, 15) is 4.79 Å². The molecule has 21 heavy (non-hydrogen) atoms. The molecule has 2 atom stereocenters. The Balaban J connectivity index is 1.83. The number of hydrogen-bond donors (Lipinski definition) is 1. The van der Waals surface area contributed by atoms with Crippen LogP contribution in [0.5, 0.6) is 5.75 Å². The maximum atomic E-state index is 11.9. The molecule has 0 radical (unpaired) electrons. The number of benzene rings is 1. The Kier molecular flexibility index (Phi) is 5.55. The normalized spacial score (nSPS) is 19.3. The van der Waals surface area contributed by atoms with Crippen molar-refractivity contribution in [2.45, 2.75) is 38.6 Å². The Morgan fingerprint density at radius 3 is 3.00 bits per heavy atom. The number of hydroxylamine groups is 1. The number of amides is 1. The maximum absolute atomic E-state index is 11.9. The summed E-state index contributed by atoms with van der Waals surface area (Å²) in [5.41, 5.74) is 2.72.